The molecule has 0 unspecified atom stereocenters. The van der Waals surface area contributed by atoms with Crippen LogP contribution in [0.25, 0.3) is 21.8 Å². The van der Waals surface area contributed by atoms with Crippen molar-refractivity contribution in [3.8, 4) is 0 Å². The van der Waals surface area contributed by atoms with Gasteiger partial charge in [-0.25, -0.2) is 0 Å². The summed E-state index contributed by atoms with van der Waals surface area (Å²) >= 11 is 0. The predicted molar refractivity (Wildman–Crippen MR) is 95.6 cm³/mol. The van der Waals surface area contributed by atoms with Gasteiger partial charge in [0.15, 0.2) is 0 Å². The van der Waals surface area contributed by atoms with Crippen molar-refractivity contribution >= 4 is 40.3 Å². The van der Waals surface area contributed by atoms with Crippen LogP contribution in [0, 0.1) is 0 Å². The highest BCUT2D eigenvalue weighted by Crippen LogP contribution is 2.33. The van der Waals surface area contributed by atoms with Gasteiger partial charge in [0, 0.05) is 33.8 Å². The molecule has 4 aromatic rings. The fraction of sp³-hybridized carbons (Fsp3) is 0.0526. The fourth-order valence-electron chi connectivity index (χ4n) is 2.85. The summed E-state index contributed by atoms with van der Waals surface area (Å²) in [6.45, 7) is 2.29. The SMILES string of the molecule is CP(c1cccc2cccnc12)c1cccc2cccnc12. The molecular formula is C19H15N2P. The second-order valence-corrected chi connectivity index (χ2v) is 7.35. The summed E-state index contributed by atoms with van der Waals surface area (Å²) in [6, 6.07) is 21.1. The summed E-state index contributed by atoms with van der Waals surface area (Å²) < 4.78 is 0. The van der Waals surface area contributed by atoms with Crippen molar-refractivity contribution in [1.29, 1.82) is 0 Å². The lowest BCUT2D eigenvalue weighted by Gasteiger charge is -2.16. The Morgan fingerprint density at radius 3 is 1.59 bits per heavy atom. The largest absolute Gasteiger partial charge is 0.256 e. The first-order valence-electron chi connectivity index (χ1n) is 7.26. The fourth-order valence-corrected chi connectivity index (χ4v) is 4.74. The molecule has 106 valence electrons. The molecule has 22 heavy (non-hydrogen) atoms. The van der Waals surface area contributed by atoms with E-state index in [2.05, 4.69) is 65.2 Å². The predicted octanol–water partition coefficient (Wildman–Crippen LogP) is 3.85. The third-order valence-corrected chi connectivity index (χ3v) is 6.11. The van der Waals surface area contributed by atoms with Gasteiger partial charge in [0.25, 0.3) is 0 Å². The van der Waals surface area contributed by atoms with Crippen molar-refractivity contribution in [2.75, 3.05) is 6.66 Å². The Hall–Kier alpha value is -2.31. The smallest absolute Gasteiger partial charge is 0.0781 e. The Bertz CT molecular complexity index is 875. The van der Waals surface area contributed by atoms with Crippen molar-refractivity contribution in [2.24, 2.45) is 0 Å². The van der Waals surface area contributed by atoms with Crippen molar-refractivity contribution in [3.05, 3.63) is 73.1 Å². The molecule has 0 atom stereocenters. The van der Waals surface area contributed by atoms with Gasteiger partial charge in [0.05, 0.1) is 11.0 Å². The van der Waals surface area contributed by atoms with E-state index in [0.717, 1.165) is 11.0 Å². The molecule has 0 aliphatic rings. The van der Waals surface area contributed by atoms with Crippen LogP contribution in [-0.2, 0) is 0 Å². The van der Waals surface area contributed by atoms with Crippen LogP contribution < -0.4 is 10.6 Å². The van der Waals surface area contributed by atoms with E-state index >= 15 is 0 Å². The van der Waals surface area contributed by atoms with Crippen molar-refractivity contribution < 1.29 is 0 Å². The number of fused-ring (bicyclic) bond motifs is 2. The molecule has 2 aromatic carbocycles. The third-order valence-electron chi connectivity index (χ3n) is 3.95. The standard InChI is InChI=1S/C19H15N2P/c1-22(16-10-2-6-14-8-4-12-20-18(14)16)17-11-3-7-15-9-5-13-21-19(15)17/h2-13H,1H3. The summed E-state index contributed by atoms with van der Waals surface area (Å²) in [6.07, 6.45) is 3.74. The van der Waals surface area contributed by atoms with Gasteiger partial charge in [-0.2, -0.15) is 0 Å². The van der Waals surface area contributed by atoms with Crippen molar-refractivity contribution in [1.82, 2.24) is 9.97 Å². The average molecular weight is 302 g/mol. The lowest BCUT2D eigenvalue weighted by Crippen LogP contribution is -2.14. The number of pyridine rings is 2. The molecule has 0 radical (unpaired) electrons. The van der Waals surface area contributed by atoms with Gasteiger partial charge in [0.1, 0.15) is 0 Å². The third kappa shape index (κ3) is 2.17. The number of hydrogen-bond acceptors (Lipinski definition) is 2. The maximum absolute atomic E-state index is 4.60. The van der Waals surface area contributed by atoms with Crippen LogP contribution >= 0.6 is 7.92 Å². The molecule has 4 rings (SSSR count). The van der Waals surface area contributed by atoms with E-state index in [1.165, 1.54) is 21.4 Å². The van der Waals surface area contributed by atoms with Gasteiger partial charge in [-0.15, -0.1) is 0 Å². The minimum absolute atomic E-state index is 0.495. The Kier molecular flexibility index (Phi) is 3.32. The second kappa shape index (κ2) is 5.47. The van der Waals surface area contributed by atoms with Gasteiger partial charge in [-0.05, 0) is 26.7 Å². The highest BCUT2D eigenvalue weighted by Gasteiger charge is 2.15. The topological polar surface area (TPSA) is 25.8 Å². The molecule has 2 aromatic heterocycles. The lowest BCUT2D eigenvalue weighted by molar-refractivity contribution is 1.42. The van der Waals surface area contributed by atoms with Crippen LogP contribution in [0.15, 0.2) is 73.1 Å². The maximum Gasteiger partial charge on any atom is 0.0781 e. The number of rotatable bonds is 2. The first-order valence-corrected chi connectivity index (χ1v) is 9.05. The van der Waals surface area contributed by atoms with Crippen LogP contribution in [0.1, 0.15) is 0 Å². The Morgan fingerprint density at radius 2 is 1.09 bits per heavy atom. The van der Waals surface area contributed by atoms with Gasteiger partial charge >= 0.3 is 0 Å². The molecule has 0 N–H and O–H groups in total. The zero-order valence-electron chi connectivity index (χ0n) is 12.3. The average Bonchev–Trinajstić information content (AvgIpc) is 2.60. The van der Waals surface area contributed by atoms with Crippen LogP contribution in [0.4, 0.5) is 0 Å². The van der Waals surface area contributed by atoms with E-state index in [1.807, 2.05) is 24.5 Å². The second-order valence-electron chi connectivity index (χ2n) is 5.26. The Balaban J connectivity index is 1.94. The molecule has 0 saturated heterocycles. The molecule has 2 heterocycles. The van der Waals surface area contributed by atoms with Crippen LogP contribution in [-0.4, -0.2) is 16.6 Å². The van der Waals surface area contributed by atoms with E-state index in [0.29, 0.717) is 0 Å². The number of hydrogen-bond donors (Lipinski definition) is 0. The number of aromatic nitrogens is 2. The first kappa shape index (κ1) is 13.4. The molecule has 0 bridgehead atoms. The van der Waals surface area contributed by atoms with Crippen LogP contribution in [0.5, 0.6) is 0 Å². The normalized spacial score (nSPS) is 11.4. The Morgan fingerprint density at radius 1 is 0.636 bits per heavy atom. The summed E-state index contributed by atoms with van der Waals surface area (Å²) in [5, 5.41) is 5.02. The summed E-state index contributed by atoms with van der Waals surface area (Å²) in [4.78, 5) is 9.21. The van der Waals surface area contributed by atoms with Crippen LogP contribution in [0.3, 0.4) is 0 Å². The van der Waals surface area contributed by atoms with E-state index < -0.39 is 7.92 Å². The zero-order valence-corrected chi connectivity index (χ0v) is 13.2. The molecule has 0 amide bonds. The molecule has 0 aliphatic heterocycles. The molecule has 0 fully saturated rings. The maximum atomic E-state index is 4.60. The number of nitrogens with zero attached hydrogens (tertiary/aromatic N) is 2. The number of benzene rings is 2. The lowest BCUT2D eigenvalue weighted by atomic mass is 10.2. The molecule has 0 spiro atoms. The highest BCUT2D eigenvalue weighted by atomic mass is 31.1. The minimum Gasteiger partial charge on any atom is -0.256 e. The quantitative estimate of drug-likeness (QED) is 0.526. The van der Waals surface area contributed by atoms with Gasteiger partial charge in [-0.3, -0.25) is 9.97 Å². The van der Waals surface area contributed by atoms with Gasteiger partial charge < -0.3 is 0 Å². The van der Waals surface area contributed by atoms with E-state index in [9.17, 15) is 0 Å². The molecule has 0 saturated carbocycles. The molecule has 0 aliphatic carbocycles. The van der Waals surface area contributed by atoms with Crippen molar-refractivity contribution in [2.45, 2.75) is 0 Å². The Labute approximate surface area is 130 Å². The summed E-state index contributed by atoms with van der Waals surface area (Å²) in [5.74, 6) is 0. The summed E-state index contributed by atoms with van der Waals surface area (Å²) in [5.41, 5.74) is 2.21. The zero-order chi connectivity index (χ0) is 14.9. The highest BCUT2D eigenvalue weighted by molar-refractivity contribution is 7.73. The van der Waals surface area contributed by atoms with E-state index in [4.69, 9.17) is 0 Å². The summed E-state index contributed by atoms with van der Waals surface area (Å²) in [7, 11) is -0.495. The number of para-hydroxylation sites is 2. The van der Waals surface area contributed by atoms with Crippen LogP contribution in [0.2, 0.25) is 0 Å². The van der Waals surface area contributed by atoms with E-state index in [1.54, 1.807) is 0 Å². The van der Waals surface area contributed by atoms with Gasteiger partial charge in [0.2, 0.25) is 0 Å². The van der Waals surface area contributed by atoms with E-state index in [-0.39, 0.29) is 0 Å². The first-order chi connectivity index (χ1) is 10.8. The monoisotopic (exact) mass is 302 g/mol. The minimum atomic E-state index is -0.495. The molecular weight excluding hydrogens is 287 g/mol. The van der Waals surface area contributed by atoms with Gasteiger partial charge in [-0.1, -0.05) is 48.5 Å². The van der Waals surface area contributed by atoms with Crippen molar-refractivity contribution in [3.63, 3.8) is 0 Å². The molecule has 3 heteroatoms. The molecule has 2 nitrogen and oxygen atoms in total.